The molecule has 0 saturated carbocycles. The molecular weight excluding hydrogens is 352 g/mol. The summed E-state index contributed by atoms with van der Waals surface area (Å²) in [6, 6.07) is 11.4. The Morgan fingerprint density at radius 2 is 1.68 bits per heavy atom. The van der Waals surface area contributed by atoms with E-state index in [2.05, 4.69) is 11.1 Å². The lowest BCUT2D eigenvalue weighted by atomic mass is 10.0. The van der Waals surface area contributed by atoms with Crippen LogP contribution in [0.5, 0.6) is 0 Å². The summed E-state index contributed by atoms with van der Waals surface area (Å²) in [6.45, 7) is 7.80. The van der Waals surface area contributed by atoms with Gasteiger partial charge in [0, 0.05) is 49.9 Å². The summed E-state index contributed by atoms with van der Waals surface area (Å²) in [5, 5.41) is 9.47. The molecule has 1 aromatic carbocycles. The van der Waals surface area contributed by atoms with Gasteiger partial charge in [-0.1, -0.05) is 12.1 Å². The molecule has 1 aliphatic heterocycles. The Balaban J connectivity index is 1.81. The highest BCUT2D eigenvalue weighted by Gasteiger charge is 2.21. The van der Waals surface area contributed by atoms with Gasteiger partial charge in [-0.3, -0.25) is 14.6 Å². The molecule has 6 heteroatoms. The number of benzene rings is 1. The lowest BCUT2D eigenvalue weighted by Crippen LogP contribution is -2.36. The topological polar surface area (TPSA) is 77.3 Å². The maximum atomic E-state index is 12.9. The van der Waals surface area contributed by atoms with Crippen LogP contribution in [0.3, 0.4) is 0 Å². The third-order valence-corrected chi connectivity index (χ3v) is 5.09. The first-order valence-electron chi connectivity index (χ1n) is 9.44. The van der Waals surface area contributed by atoms with Gasteiger partial charge in [0.15, 0.2) is 0 Å². The van der Waals surface area contributed by atoms with E-state index in [9.17, 15) is 14.9 Å². The minimum absolute atomic E-state index is 0.0363. The van der Waals surface area contributed by atoms with E-state index in [1.165, 1.54) is 0 Å². The zero-order valence-corrected chi connectivity index (χ0v) is 16.5. The van der Waals surface area contributed by atoms with Gasteiger partial charge in [0.2, 0.25) is 5.91 Å². The molecule has 1 saturated heterocycles. The molecule has 2 aromatic rings. The summed E-state index contributed by atoms with van der Waals surface area (Å²) in [7, 11) is 0. The van der Waals surface area contributed by atoms with Crippen LogP contribution in [0.25, 0.3) is 11.3 Å². The third-order valence-electron chi connectivity index (χ3n) is 5.09. The van der Waals surface area contributed by atoms with Crippen molar-refractivity contribution in [3.8, 4) is 17.3 Å². The number of pyridine rings is 1. The van der Waals surface area contributed by atoms with Crippen molar-refractivity contribution < 1.29 is 9.59 Å². The van der Waals surface area contributed by atoms with Crippen LogP contribution in [0.15, 0.2) is 30.3 Å². The molecule has 1 fully saturated rings. The minimum Gasteiger partial charge on any atom is -0.341 e. The van der Waals surface area contributed by atoms with Crippen molar-refractivity contribution in [2.24, 2.45) is 0 Å². The van der Waals surface area contributed by atoms with Crippen molar-refractivity contribution in [1.82, 2.24) is 14.8 Å². The highest BCUT2D eigenvalue weighted by Crippen LogP contribution is 2.25. The average molecular weight is 376 g/mol. The van der Waals surface area contributed by atoms with Gasteiger partial charge >= 0.3 is 0 Å². The predicted octanol–water partition coefficient (Wildman–Crippen LogP) is 2.93. The Hall–Kier alpha value is -3.20. The summed E-state index contributed by atoms with van der Waals surface area (Å²) < 4.78 is 0. The number of aryl methyl sites for hydroxylation is 2. The fraction of sp³-hybridized carbons (Fsp3) is 0.364. The lowest BCUT2D eigenvalue weighted by Gasteiger charge is -2.21. The van der Waals surface area contributed by atoms with Crippen LogP contribution in [-0.2, 0) is 4.79 Å². The van der Waals surface area contributed by atoms with Gasteiger partial charge in [-0.15, -0.1) is 0 Å². The molecule has 3 rings (SSSR count). The summed E-state index contributed by atoms with van der Waals surface area (Å²) >= 11 is 0. The summed E-state index contributed by atoms with van der Waals surface area (Å²) in [6.07, 6.45) is 0.779. The predicted molar refractivity (Wildman–Crippen MR) is 107 cm³/mol. The van der Waals surface area contributed by atoms with E-state index in [0.29, 0.717) is 43.0 Å². The second-order valence-corrected chi connectivity index (χ2v) is 7.15. The number of nitrogens with zero attached hydrogens (tertiary/aromatic N) is 4. The molecule has 0 spiro atoms. The molecule has 0 atom stereocenters. The number of aromatic nitrogens is 1. The maximum absolute atomic E-state index is 12.9. The van der Waals surface area contributed by atoms with Gasteiger partial charge in [-0.25, -0.2) is 0 Å². The van der Waals surface area contributed by atoms with Crippen LogP contribution < -0.4 is 0 Å². The Kier molecular flexibility index (Phi) is 5.74. The van der Waals surface area contributed by atoms with Crippen molar-refractivity contribution in [3.63, 3.8) is 0 Å². The van der Waals surface area contributed by atoms with Gasteiger partial charge in [0.25, 0.3) is 5.91 Å². The zero-order chi connectivity index (χ0) is 20.3. The van der Waals surface area contributed by atoms with Gasteiger partial charge in [-0.05, 0) is 44.0 Å². The Morgan fingerprint density at radius 1 is 1.04 bits per heavy atom. The first kappa shape index (κ1) is 19.6. The SMILES string of the molecule is CC(=O)N1CCCN(C(=O)c2ccc(-c3nc(C)cc(C)c3C#N)cc2)CC1. The normalized spacial score (nSPS) is 14.4. The standard InChI is InChI=1S/C22H24N4O2/c1-15-13-16(2)24-21(20(15)14-23)18-5-7-19(8-6-18)22(28)26-10-4-9-25(11-12-26)17(3)27/h5-8,13H,4,9-12H2,1-3H3. The number of amides is 2. The van der Waals surface area contributed by atoms with E-state index in [-0.39, 0.29) is 11.8 Å². The van der Waals surface area contributed by atoms with E-state index in [1.807, 2.05) is 32.0 Å². The van der Waals surface area contributed by atoms with Crippen LogP contribution >= 0.6 is 0 Å². The number of carbonyl (C=O) groups excluding carboxylic acids is 2. The maximum Gasteiger partial charge on any atom is 0.253 e. The molecule has 0 bridgehead atoms. The number of carbonyl (C=O) groups is 2. The quantitative estimate of drug-likeness (QED) is 0.807. The average Bonchev–Trinajstić information content (AvgIpc) is 2.93. The van der Waals surface area contributed by atoms with Gasteiger partial charge in [-0.2, -0.15) is 5.26 Å². The number of nitriles is 1. The van der Waals surface area contributed by atoms with Crippen molar-refractivity contribution in [3.05, 3.63) is 52.7 Å². The smallest absolute Gasteiger partial charge is 0.253 e. The second-order valence-electron chi connectivity index (χ2n) is 7.15. The first-order chi connectivity index (χ1) is 13.4. The molecule has 0 unspecified atom stereocenters. The monoisotopic (exact) mass is 376 g/mol. The van der Waals surface area contributed by atoms with E-state index >= 15 is 0 Å². The van der Waals surface area contributed by atoms with Crippen molar-refractivity contribution in [2.75, 3.05) is 26.2 Å². The van der Waals surface area contributed by atoms with E-state index < -0.39 is 0 Å². The van der Waals surface area contributed by atoms with Crippen LogP contribution in [-0.4, -0.2) is 52.8 Å². The van der Waals surface area contributed by atoms with E-state index in [0.717, 1.165) is 23.2 Å². The Morgan fingerprint density at radius 3 is 2.32 bits per heavy atom. The van der Waals surface area contributed by atoms with Crippen LogP contribution in [0.1, 0.15) is 40.5 Å². The summed E-state index contributed by atoms with van der Waals surface area (Å²) in [5.74, 6) is 0.0127. The molecule has 28 heavy (non-hydrogen) atoms. The van der Waals surface area contributed by atoms with E-state index in [4.69, 9.17) is 0 Å². The first-order valence-corrected chi connectivity index (χ1v) is 9.44. The largest absolute Gasteiger partial charge is 0.341 e. The van der Waals surface area contributed by atoms with Crippen molar-refractivity contribution in [1.29, 1.82) is 5.26 Å². The number of hydrogen-bond donors (Lipinski definition) is 0. The molecule has 0 N–H and O–H groups in total. The number of hydrogen-bond acceptors (Lipinski definition) is 4. The fourth-order valence-electron chi connectivity index (χ4n) is 3.58. The highest BCUT2D eigenvalue weighted by molar-refractivity contribution is 5.94. The minimum atomic E-state index is -0.0363. The molecular formula is C22H24N4O2. The molecule has 2 heterocycles. The third kappa shape index (κ3) is 4.04. The second kappa shape index (κ2) is 8.22. The molecule has 0 radical (unpaired) electrons. The molecule has 1 aromatic heterocycles. The van der Waals surface area contributed by atoms with Crippen LogP contribution in [0.4, 0.5) is 0 Å². The molecule has 144 valence electrons. The summed E-state index contributed by atoms with van der Waals surface area (Å²) in [5.41, 5.74) is 4.37. The highest BCUT2D eigenvalue weighted by atomic mass is 16.2. The Labute approximate surface area is 165 Å². The van der Waals surface area contributed by atoms with Gasteiger partial charge in [0.05, 0.1) is 11.3 Å². The zero-order valence-electron chi connectivity index (χ0n) is 16.5. The van der Waals surface area contributed by atoms with Crippen LogP contribution in [0, 0.1) is 25.2 Å². The Bertz CT molecular complexity index is 944. The molecule has 1 aliphatic rings. The van der Waals surface area contributed by atoms with Crippen molar-refractivity contribution in [2.45, 2.75) is 27.2 Å². The molecule has 2 amide bonds. The molecule has 0 aliphatic carbocycles. The van der Waals surface area contributed by atoms with Crippen molar-refractivity contribution >= 4 is 11.8 Å². The number of rotatable bonds is 2. The molecule has 6 nitrogen and oxygen atoms in total. The lowest BCUT2D eigenvalue weighted by molar-refractivity contribution is -0.128. The summed E-state index contributed by atoms with van der Waals surface area (Å²) in [4.78, 5) is 32.5. The van der Waals surface area contributed by atoms with Gasteiger partial charge < -0.3 is 9.80 Å². The fourth-order valence-corrected chi connectivity index (χ4v) is 3.58. The van der Waals surface area contributed by atoms with Gasteiger partial charge in [0.1, 0.15) is 6.07 Å². The van der Waals surface area contributed by atoms with E-state index in [1.54, 1.807) is 28.9 Å². The van der Waals surface area contributed by atoms with Crippen LogP contribution in [0.2, 0.25) is 0 Å².